The summed E-state index contributed by atoms with van der Waals surface area (Å²) in [4.78, 5) is 25.5. The number of piperazine rings is 1. The van der Waals surface area contributed by atoms with Gasteiger partial charge < -0.3 is 25.0 Å². The number of rotatable bonds is 5. The van der Waals surface area contributed by atoms with Crippen molar-refractivity contribution in [1.29, 1.82) is 0 Å². The third kappa shape index (κ3) is 3.76. The lowest BCUT2D eigenvalue weighted by Crippen LogP contribution is -2.51. The van der Waals surface area contributed by atoms with E-state index in [1.807, 2.05) is 0 Å². The fraction of sp³-hybridized carbons (Fsp3) is 0.722. The van der Waals surface area contributed by atoms with Crippen molar-refractivity contribution >= 4 is 17.7 Å². The molecule has 26 heavy (non-hydrogen) atoms. The fourth-order valence-electron chi connectivity index (χ4n) is 3.37. The van der Waals surface area contributed by atoms with Gasteiger partial charge in [0.15, 0.2) is 0 Å². The number of anilines is 2. The quantitative estimate of drug-likeness (QED) is 0.796. The highest BCUT2D eigenvalue weighted by molar-refractivity contribution is 5.82. The molecule has 1 aromatic rings. The van der Waals surface area contributed by atoms with Crippen LogP contribution in [-0.2, 0) is 14.9 Å². The molecule has 2 N–H and O–H groups in total. The van der Waals surface area contributed by atoms with Gasteiger partial charge in [-0.3, -0.25) is 4.79 Å². The zero-order chi connectivity index (χ0) is 18.7. The van der Waals surface area contributed by atoms with Crippen LogP contribution in [0.1, 0.15) is 32.8 Å². The van der Waals surface area contributed by atoms with Crippen molar-refractivity contribution in [2.24, 2.45) is 0 Å². The monoisotopic (exact) mass is 363 g/mol. The highest BCUT2D eigenvalue weighted by atomic mass is 16.5. The maximum atomic E-state index is 11.8. The Morgan fingerprint density at radius 3 is 2.73 bits per heavy atom. The Morgan fingerprint density at radius 2 is 2.08 bits per heavy atom. The minimum atomic E-state index is -1.05. The summed E-state index contributed by atoms with van der Waals surface area (Å²) < 4.78 is 5.45. The first-order valence-electron chi connectivity index (χ1n) is 9.35. The summed E-state index contributed by atoms with van der Waals surface area (Å²) in [7, 11) is 0. The van der Waals surface area contributed by atoms with E-state index in [1.165, 1.54) is 0 Å². The first-order valence-corrected chi connectivity index (χ1v) is 9.35. The molecule has 3 heterocycles. The van der Waals surface area contributed by atoms with E-state index in [9.17, 15) is 9.90 Å². The molecular weight excluding hydrogens is 334 g/mol. The number of aliphatic carboxylic acids is 1. The summed E-state index contributed by atoms with van der Waals surface area (Å²) >= 11 is 0. The van der Waals surface area contributed by atoms with Crippen LogP contribution in [0, 0.1) is 0 Å². The summed E-state index contributed by atoms with van der Waals surface area (Å²) in [5, 5.41) is 13.2. The number of carboxylic acids is 1. The summed E-state index contributed by atoms with van der Waals surface area (Å²) in [6.07, 6.45) is 2.75. The molecule has 0 unspecified atom stereocenters. The molecule has 1 atom stereocenters. The molecule has 144 valence electrons. The van der Waals surface area contributed by atoms with Gasteiger partial charge in [-0.25, -0.2) is 4.98 Å². The molecule has 8 heteroatoms. The van der Waals surface area contributed by atoms with Crippen molar-refractivity contribution < 1.29 is 14.6 Å². The first-order chi connectivity index (χ1) is 12.4. The van der Waals surface area contributed by atoms with Gasteiger partial charge in [-0.2, -0.15) is 4.98 Å². The number of hydrogen-bond donors (Lipinski definition) is 2. The molecule has 0 bridgehead atoms. The van der Waals surface area contributed by atoms with E-state index in [-0.39, 0.29) is 0 Å². The van der Waals surface area contributed by atoms with Crippen molar-refractivity contribution in [3.63, 3.8) is 0 Å². The van der Waals surface area contributed by atoms with Gasteiger partial charge in [0.2, 0.25) is 5.95 Å². The molecule has 2 aliphatic heterocycles. The average Bonchev–Trinajstić information content (AvgIpc) is 2.68. The molecule has 0 spiro atoms. The topological polar surface area (TPSA) is 90.8 Å². The maximum absolute atomic E-state index is 11.8. The van der Waals surface area contributed by atoms with E-state index in [0.29, 0.717) is 43.9 Å². The second-order valence-corrected chi connectivity index (χ2v) is 7.44. The maximum Gasteiger partial charge on any atom is 0.313 e. The normalized spacial score (nSPS) is 21.7. The molecule has 1 aromatic heterocycles. The summed E-state index contributed by atoms with van der Waals surface area (Å²) in [6.45, 7) is 10.8. The van der Waals surface area contributed by atoms with Gasteiger partial charge >= 0.3 is 5.97 Å². The standard InChI is InChI=1S/C18H29N5O3/c1-4-13-12-23(6-5-19-13)17-20-11-14(18(2,3)16(24)25)15(21-17)22-7-9-26-10-8-22/h11,13,19H,4-10,12H2,1-3H3,(H,24,25)/t13-/m1/s1. The van der Waals surface area contributed by atoms with E-state index in [2.05, 4.69) is 27.0 Å². The smallest absolute Gasteiger partial charge is 0.313 e. The first kappa shape index (κ1) is 18.8. The van der Waals surface area contributed by atoms with Crippen LogP contribution in [-0.4, -0.2) is 73.0 Å². The summed E-state index contributed by atoms with van der Waals surface area (Å²) in [5.74, 6) is 0.519. The second-order valence-electron chi connectivity index (χ2n) is 7.44. The van der Waals surface area contributed by atoms with E-state index < -0.39 is 11.4 Å². The molecule has 3 rings (SSSR count). The number of carboxylic acid groups (broad SMARTS) is 1. The Bertz CT molecular complexity index is 646. The van der Waals surface area contributed by atoms with E-state index in [1.54, 1.807) is 20.0 Å². The molecule has 2 saturated heterocycles. The lowest BCUT2D eigenvalue weighted by Gasteiger charge is -2.36. The summed E-state index contributed by atoms with van der Waals surface area (Å²) in [6, 6.07) is 0.425. The predicted octanol–water partition coefficient (Wildman–Crippen LogP) is 0.864. The van der Waals surface area contributed by atoms with Crippen molar-refractivity contribution in [3.05, 3.63) is 11.8 Å². The Labute approximate surface area is 154 Å². The van der Waals surface area contributed by atoms with Crippen LogP contribution in [0.5, 0.6) is 0 Å². The highest BCUT2D eigenvalue weighted by Gasteiger charge is 2.35. The largest absolute Gasteiger partial charge is 0.481 e. The molecule has 0 saturated carbocycles. The van der Waals surface area contributed by atoms with Crippen molar-refractivity contribution in [1.82, 2.24) is 15.3 Å². The SMILES string of the molecule is CC[C@@H]1CN(c2ncc(C(C)(C)C(=O)O)c(N3CCOCC3)n2)CCN1. The van der Waals surface area contributed by atoms with Gasteiger partial charge in [0.05, 0.1) is 18.6 Å². The molecule has 0 amide bonds. The molecule has 0 aliphatic carbocycles. The zero-order valence-corrected chi connectivity index (χ0v) is 15.9. The molecule has 2 fully saturated rings. The Hall–Kier alpha value is -1.93. The Kier molecular flexibility index (Phi) is 5.62. The lowest BCUT2D eigenvalue weighted by atomic mass is 9.85. The minimum absolute atomic E-state index is 0.425. The number of morpholine rings is 1. The number of nitrogens with zero attached hydrogens (tertiary/aromatic N) is 4. The molecule has 0 aromatic carbocycles. The van der Waals surface area contributed by atoms with Crippen molar-refractivity contribution in [3.8, 4) is 0 Å². The molecule has 8 nitrogen and oxygen atoms in total. The van der Waals surface area contributed by atoms with Crippen LogP contribution in [0.25, 0.3) is 0 Å². The van der Waals surface area contributed by atoms with Crippen LogP contribution in [0.4, 0.5) is 11.8 Å². The molecular formula is C18H29N5O3. The van der Waals surface area contributed by atoms with Gasteiger partial charge in [-0.1, -0.05) is 6.92 Å². The van der Waals surface area contributed by atoms with Crippen LogP contribution in [0.2, 0.25) is 0 Å². The lowest BCUT2D eigenvalue weighted by molar-refractivity contribution is -0.142. The minimum Gasteiger partial charge on any atom is -0.481 e. The number of hydrogen-bond acceptors (Lipinski definition) is 7. The van der Waals surface area contributed by atoms with Gasteiger partial charge in [-0.15, -0.1) is 0 Å². The third-order valence-electron chi connectivity index (χ3n) is 5.31. The zero-order valence-electron chi connectivity index (χ0n) is 15.9. The van der Waals surface area contributed by atoms with Crippen LogP contribution >= 0.6 is 0 Å². The Morgan fingerprint density at radius 1 is 1.35 bits per heavy atom. The van der Waals surface area contributed by atoms with Crippen LogP contribution < -0.4 is 15.1 Å². The van der Waals surface area contributed by atoms with Gasteiger partial charge in [-0.05, 0) is 20.3 Å². The van der Waals surface area contributed by atoms with Crippen molar-refractivity contribution in [2.75, 3.05) is 55.7 Å². The predicted molar refractivity (Wildman–Crippen MR) is 100 cm³/mol. The van der Waals surface area contributed by atoms with Gasteiger partial charge in [0.1, 0.15) is 5.82 Å². The van der Waals surface area contributed by atoms with Gasteiger partial charge in [0, 0.05) is 50.5 Å². The second kappa shape index (κ2) is 7.75. The number of carbonyl (C=O) groups is 1. The van der Waals surface area contributed by atoms with E-state index in [0.717, 1.165) is 31.9 Å². The van der Waals surface area contributed by atoms with Gasteiger partial charge in [0.25, 0.3) is 0 Å². The Balaban J connectivity index is 1.97. The van der Waals surface area contributed by atoms with E-state index >= 15 is 0 Å². The number of aromatic nitrogens is 2. The summed E-state index contributed by atoms with van der Waals surface area (Å²) in [5.41, 5.74) is -0.403. The molecule has 2 aliphatic rings. The highest BCUT2D eigenvalue weighted by Crippen LogP contribution is 2.32. The van der Waals surface area contributed by atoms with Crippen LogP contribution in [0.3, 0.4) is 0 Å². The van der Waals surface area contributed by atoms with Crippen LogP contribution in [0.15, 0.2) is 6.20 Å². The molecule has 0 radical (unpaired) electrons. The third-order valence-corrected chi connectivity index (χ3v) is 5.31. The van der Waals surface area contributed by atoms with Crippen molar-refractivity contribution in [2.45, 2.75) is 38.6 Å². The van der Waals surface area contributed by atoms with E-state index in [4.69, 9.17) is 9.72 Å². The number of nitrogens with one attached hydrogen (secondary N) is 1. The fourth-order valence-corrected chi connectivity index (χ4v) is 3.37. The number of ether oxygens (including phenoxy) is 1. The average molecular weight is 363 g/mol.